The number of rotatable bonds is 3. The first kappa shape index (κ1) is 14.2. The van der Waals surface area contributed by atoms with E-state index in [-0.39, 0.29) is 5.56 Å². The van der Waals surface area contributed by atoms with Gasteiger partial charge >= 0.3 is 0 Å². The zero-order valence-electron chi connectivity index (χ0n) is 12.0. The van der Waals surface area contributed by atoms with E-state index in [0.717, 1.165) is 5.56 Å². The molecule has 2 heterocycles. The summed E-state index contributed by atoms with van der Waals surface area (Å²) in [6.07, 6.45) is 3.96. The molecule has 1 N–H and O–H groups in total. The lowest BCUT2D eigenvalue weighted by atomic mass is 10.00. The molecule has 1 atom stereocenters. The van der Waals surface area contributed by atoms with Gasteiger partial charge in [-0.15, -0.1) is 0 Å². The lowest BCUT2D eigenvalue weighted by molar-refractivity contribution is 0.199. The minimum atomic E-state index is -0.779. The molecule has 0 radical (unpaired) electrons. The normalized spacial score (nSPS) is 12.1. The molecular weight excluding hydrogens is 278 g/mol. The molecule has 0 bridgehead atoms. The number of pyridine rings is 1. The lowest BCUT2D eigenvalue weighted by Gasteiger charge is -2.13. The third-order valence-electron chi connectivity index (χ3n) is 3.41. The van der Waals surface area contributed by atoms with E-state index >= 15 is 0 Å². The van der Waals surface area contributed by atoms with E-state index in [1.54, 1.807) is 31.5 Å². The highest BCUT2D eigenvalue weighted by Gasteiger charge is 2.17. The second-order valence-electron chi connectivity index (χ2n) is 4.95. The highest BCUT2D eigenvalue weighted by atomic mass is 16.3. The van der Waals surface area contributed by atoms with Crippen LogP contribution >= 0.6 is 0 Å². The highest BCUT2D eigenvalue weighted by Crippen LogP contribution is 2.24. The van der Waals surface area contributed by atoms with Crippen molar-refractivity contribution in [3.8, 4) is 16.8 Å². The number of nitrogens with zero attached hydrogens (tertiary/aromatic N) is 3. The molecule has 3 rings (SSSR count). The van der Waals surface area contributed by atoms with Gasteiger partial charge < -0.3 is 5.11 Å². The van der Waals surface area contributed by atoms with Gasteiger partial charge in [-0.05, 0) is 24.6 Å². The molecule has 0 aliphatic rings. The quantitative estimate of drug-likeness (QED) is 0.805. The van der Waals surface area contributed by atoms with Gasteiger partial charge in [0.05, 0.1) is 29.7 Å². The van der Waals surface area contributed by atoms with Crippen LogP contribution in [0, 0.1) is 0 Å². The third-order valence-corrected chi connectivity index (χ3v) is 3.41. The fourth-order valence-corrected chi connectivity index (χ4v) is 2.34. The zero-order valence-corrected chi connectivity index (χ0v) is 12.0. The van der Waals surface area contributed by atoms with Crippen LogP contribution in [0.2, 0.25) is 0 Å². The van der Waals surface area contributed by atoms with Gasteiger partial charge in [-0.25, -0.2) is 0 Å². The summed E-state index contributed by atoms with van der Waals surface area (Å²) >= 11 is 0. The minimum absolute atomic E-state index is 0.280. The Morgan fingerprint density at radius 2 is 1.86 bits per heavy atom. The van der Waals surface area contributed by atoms with E-state index in [1.165, 1.54) is 10.9 Å². The molecule has 0 fully saturated rings. The summed E-state index contributed by atoms with van der Waals surface area (Å²) in [4.78, 5) is 16.9. The van der Waals surface area contributed by atoms with Crippen molar-refractivity contribution in [2.75, 3.05) is 0 Å². The molecule has 1 unspecified atom stereocenters. The smallest absolute Gasteiger partial charge is 0.279 e. The van der Waals surface area contributed by atoms with E-state index in [1.807, 2.05) is 30.3 Å². The predicted octanol–water partition coefficient (Wildman–Crippen LogP) is 2.35. The summed E-state index contributed by atoms with van der Waals surface area (Å²) in [6.45, 7) is 1.62. The second-order valence-corrected chi connectivity index (χ2v) is 4.95. The van der Waals surface area contributed by atoms with Crippen LogP contribution in [0.25, 0.3) is 16.8 Å². The summed E-state index contributed by atoms with van der Waals surface area (Å²) in [6, 6.07) is 12.8. The fourth-order valence-electron chi connectivity index (χ4n) is 2.34. The van der Waals surface area contributed by atoms with Crippen molar-refractivity contribution in [2.45, 2.75) is 13.0 Å². The number of aromatic nitrogens is 3. The van der Waals surface area contributed by atoms with Crippen molar-refractivity contribution in [2.24, 2.45) is 0 Å². The van der Waals surface area contributed by atoms with E-state index in [0.29, 0.717) is 16.8 Å². The molecule has 2 aromatic heterocycles. The van der Waals surface area contributed by atoms with Gasteiger partial charge in [0, 0.05) is 11.8 Å². The van der Waals surface area contributed by atoms with Gasteiger partial charge in [-0.1, -0.05) is 30.3 Å². The van der Waals surface area contributed by atoms with E-state index in [2.05, 4.69) is 10.1 Å². The van der Waals surface area contributed by atoms with Crippen molar-refractivity contribution in [1.82, 2.24) is 14.8 Å². The van der Waals surface area contributed by atoms with Gasteiger partial charge in [-0.2, -0.15) is 9.78 Å². The molecule has 0 amide bonds. The fraction of sp³-hybridized carbons (Fsp3) is 0.118. The molecule has 3 aromatic rings. The van der Waals surface area contributed by atoms with E-state index < -0.39 is 6.10 Å². The Morgan fingerprint density at radius 3 is 2.50 bits per heavy atom. The first-order valence-corrected chi connectivity index (χ1v) is 6.94. The molecular formula is C17H15N3O2. The molecule has 0 saturated carbocycles. The zero-order chi connectivity index (χ0) is 15.5. The van der Waals surface area contributed by atoms with Crippen LogP contribution in [0.15, 0.2) is 65.8 Å². The first-order valence-electron chi connectivity index (χ1n) is 6.94. The predicted molar refractivity (Wildman–Crippen MR) is 83.7 cm³/mol. The minimum Gasteiger partial charge on any atom is -0.389 e. The van der Waals surface area contributed by atoms with Crippen LogP contribution < -0.4 is 5.56 Å². The van der Waals surface area contributed by atoms with Crippen molar-refractivity contribution in [3.05, 3.63) is 77.0 Å². The molecule has 5 nitrogen and oxygen atoms in total. The molecule has 110 valence electrons. The Morgan fingerprint density at radius 1 is 1.09 bits per heavy atom. The van der Waals surface area contributed by atoms with Crippen molar-refractivity contribution < 1.29 is 5.11 Å². The van der Waals surface area contributed by atoms with Gasteiger partial charge in [0.25, 0.3) is 5.56 Å². The van der Waals surface area contributed by atoms with Gasteiger partial charge in [0.2, 0.25) is 0 Å². The number of benzene rings is 1. The van der Waals surface area contributed by atoms with Crippen LogP contribution in [0.3, 0.4) is 0 Å². The number of aliphatic hydroxyl groups is 1. The van der Waals surface area contributed by atoms with Crippen LogP contribution in [0.1, 0.15) is 18.6 Å². The summed E-state index contributed by atoms with van der Waals surface area (Å²) in [7, 11) is 0. The highest BCUT2D eigenvalue weighted by molar-refractivity contribution is 5.66. The summed E-state index contributed by atoms with van der Waals surface area (Å²) in [5.74, 6) is 0. The number of aliphatic hydroxyl groups excluding tert-OH is 1. The van der Waals surface area contributed by atoms with Crippen LogP contribution in [-0.2, 0) is 0 Å². The molecule has 22 heavy (non-hydrogen) atoms. The third kappa shape index (κ3) is 2.54. The standard InChI is InChI=1S/C17H15N3O2/c1-12(21)15-11-19-20(14-8-5-9-18-10-14)17(22)16(15)13-6-3-2-4-7-13/h2-12,21H,1H3. The maximum atomic E-state index is 12.9. The van der Waals surface area contributed by atoms with Gasteiger partial charge in [0.1, 0.15) is 0 Å². The maximum absolute atomic E-state index is 12.9. The van der Waals surface area contributed by atoms with E-state index in [9.17, 15) is 9.90 Å². The largest absolute Gasteiger partial charge is 0.389 e. The van der Waals surface area contributed by atoms with Crippen LogP contribution in [0.4, 0.5) is 0 Å². The topological polar surface area (TPSA) is 68.0 Å². The lowest BCUT2D eigenvalue weighted by Crippen LogP contribution is -2.25. The van der Waals surface area contributed by atoms with Crippen molar-refractivity contribution in [1.29, 1.82) is 0 Å². The van der Waals surface area contributed by atoms with Crippen molar-refractivity contribution in [3.63, 3.8) is 0 Å². The van der Waals surface area contributed by atoms with E-state index in [4.69, 9.17) is 0 Å². The summed E-state index contributed by atoms with van der Waals surface area (Å²) < 4.78 is 1.29. The van der Waals surface area contributed by atoms with Crippen LogP contribution in [0.5, 0.6) is 0 Å². The summed E-state index contributed by atoms with van der Waals surface area (Å²) in [5.41, 5.74) is 2.02. The number of hydrogen-bond donors (Lipinski definition) is 1. The average Bonchev–Trinajstić information content (AvgIpc) is 2.56. The molecule has 0 saturated heterocycles. The Kier molecular flexibility index (Phi) is 3.80. The Hall–Kier alpha value is -2.79. The number of hydrogen-bond acceptors (Lipinski definition) is 4. The molecule has 5 heteroatoms. The molecule has 0 aliphatic carbocycles. The monoisotopic (exact) mass is 293 g/mol. The maximum Gasteiger partial charge on any atom is 0.279 e. The Balaban J connectivity index is 2.29. The Bertz CT molecular complexity index is 828. The first-order chi connectivity index (χ1) is 10.7. The van der Waals surface area contributed by atoms with Crippen LogP contribution in [-0.4, -0.2) is 19.9 Å². The van der Waals surface area contributed by atoms with Gasteiger partial charge in [-0.3, -0.25) is 9.78 Å². The Labute approximate surface area is 127 Å². The van der Waals surface area contributed by atoms with Gasteiger partial charge in [0.15, 0.2) is 0 Å². The second kappa shape index (κ2) is 5.91. The average molecular weight is 293 g/mol. The summed E-state index contributed by atoms with van der Waals surface area (Å²) in [5, 5.41) is 14.1. The molecule has 1 aromatic carbocycles. The van der Waals surface area contributed by atoms with Crippen molar-refractivity contribution >= 4 is 0 Å². The molecule has 0 spiro atoms. The molecule has 0 aliphatic heterocycles. The SMILES string of the molecule is CC(O)c1cnn(-c2cccnc2)c(=O)c1-c1ccccc1.